The molecule has 2 aromatic rings. The number of unbranched alkanes of at least 4 members (excludes halogenated alkanes) is 1. The minimum Gasteiger partial charge on any atom is -0.493 e. The molecule has 144 valence electrons. The Hall–Kier alpha value is -2.67. The molecule has 1 N–H and O–H groups in total. The molecule has 0 unspecified atom stereocenters. The number of ether oxygens (including phenoxy) is 2. The first-order chi connectivity index (χ1) is 13.1. The van der Waals surface area contributed by atoms with Gasteiger partial charge in [0.2, 0.25) is 5.91 Å². The molecule has 1 heterocycles. The average molecular weight is 388 g/mol. The van der Waals surface area contributed by atoms with Crippen molar-refractivity contribution in [2.45, 2.75) is 33.1 Å². The molecule has 0 aliphatic carbocycles. The Bertz CT molecular complexity index is 786. The molecule has 0 bridgehead atoms. The summed E-state index contributed by atoms with van der Waals surface area (Å²) < 4.78 is 10.6. The van der Waals surface area contributed by atoms with E-state index in [1.165, 1.54) is 17.4 Å². The van der Waals surface area contributed by atoms with Crippen LogP contribution in [-0.2, 0) is 20.7 Å². The second-order valence-corrected chi connectivity index (χ2v) is 6.55. The summed E-state index contributed by atoms with van der Waals surface area (Å²) in [6.45, 7) is 4.84. The van der Waals surface area contributed by atoms with E-state index in [0.717, 1.165) is 24.2 Å². The lowest BCUT2D eigenvalue weighted by Gasteiger charge is -2.08. The number of esters is 1. The first kappa shape index (κ1) is 20.6. The summed E-state index contributed by atoms with van der Waals surface area (Å²) in [6, 6.07) is 7.58. The fraction of sp³-hybridized carbons (Fsp3) is 0.350. The lowest BCUT2D eigenvalue weighted by Crippen LogP contribution is -2.09. The van der Waals surface area contributed by atoms with Crippen molar-refractivity contribution in [1.29, 1.82) is 0 Å². The van der Waals surface area contributed by atoms with Crippen LogP contribution in [0.25, 0.3) is 6.08 Å². The molecule has 0 spiro atoms. The van der Waals surface area contributed by atoms with Crippen LogP contribution in [0.1, 0.15) is 37.9 Å². The molecule has 0 fully saturated rings. The second kappa shape index (κ2) is 11.1. The average Bonchev–Trinajstić information content (AvgIpc) is 3.08. The minimum absolute atomic E-state index is 0.0958. The molecule has 1 aromatic carbocycles. The highest BCUT2D eigenvalue weighted by molar-refractivity contribution is 7.14. The smallest absolute Gasteiger partial charge is 0.311 e. The van der Waals surface area contributed by atoms with Gasteiger partial charge in [0, 0.05) is 17.0 Å². The molecule has 0 aliphatic rings. The maximum atomic E-state index is 12.1. The maximum Gasteiger partial charge on any atom is 0.311 e. The number of nitrogens with zero attached hydrogens (tertiary/aromatic N) is 1. The van der Waals surface area contributed by atoms with E-state index in [-0.39, 0.29) is 18.3 Å². The summed E-state index contributed by atoms with van der Waals surface area (Å²) >= 11 is 1.27. The zero-order valence-electron chi connectivity index (χ0n) is 15.6. The fourth-order valence-corrected chi connectivity index (χ4v) is 2.91. The Kier molecular flexibility index (Phi) is 8.51. The Morgan fingerprint density at radius 1 is 1.26 bits per heavy atom. The number of hydrogen-bond acceptors (Lipinski definition) is 6. The Labute approximate surface area is 163 Å². The standard InChI is InChI=1S/C20H24N2O4S/c1-3-5-12-26-17-9-7-6-8-15(17)10-11-18(23)22-20-21-16(14-27-20)13-19(24)25-4-2/h6-11,14H,3-5,12-13H2,1-2H3,(H,21,22,23)/b11-10+. The van der Waals surface area contributed by atoms with Gasteiger partial charge in [0.15, 0.2) is 5.13 Å². The van der Waals surface area contributed by atoms with Crippen LogP contribution in [-0.4, -0.2) is 30.1 Å². The Balaban J connectivity index is 1.92. The van der Waals surface area contributed by atoms with Gasteiger partial charge in [-0.3, -0.25) is 14.9 Å². The first-order valence-electron chi connectivity index (χ1n) is 8.93. The van der Waals surface area contributed by atoms with Crippen molar-refractivity contribution < 1.29 is 19.1 Å². The number of anilines is 1. The molecule has 6 nitrogen and oxygen atoms in total. The molecule has 2 rings (SSSR count). The summed E-state index contributed by atoms with van der Waals surface area (Å²) in [6.07, 6.45) is 5.29. The zero-order valence-corrected chi connectivity index (χ0v) is 16.4. The summed E-state index contributed by atoms with van der Waals surface area (Å²) in [5.41, 5.74) is 1.42. The van der Waals surface area contributed by atoms with Gasteiger partial charge in [-0.25, -0.2) is 4.98 Å². The molecule has 0 radical (unpaired) electrons. The largest absolute Gasteiger partial charge is 0.493 e. The van der Waals surface area contributed by atoms with Crippen molar-refractivity contribution in [2.75, 3.05) is 18.5 Å². The number of para-hydroxylation sites is 1. The number of carbonyl (C=O) groups is 2. The van der Waals surface area contributed by atoms with Crippen molar-refractivity contribution in [3.05, 3.63) is 47.0 Å². The van der Waals surface area contributed by atoms with Gasteiger partial charge >= 0.3 is 5.97 Å². The summed E-state index contributed by atoms with van der Waals surface area (Å²) in [5.74, 6) is 0.122. The lowest BCUT2D eigenvalue weighted by molar-refractivity contribution is -0.142. The van der Waals surface area contributed by atoms with Gasteiger partial charge in [-0.05, 0) is 25.5 Å². The van der Waals surface area contributed by atoms with Gasteiger partial charge in [0.1, 0.15) is 5.75 Å². The van der Waals surface area contributed by atoms with Crippen LogP contribution in [0.5, 0.6) is 5.75 Å². The first-order valence-corrected chi connectivity index (χ1v) is 9.81. The van der Waals surface area contributed by atoms with Crippen molar-refractivity contribution in [1.82, 2.24) is 4.98 Å². The van der Waals surface area contributed by atoms with Crippen molar-refractivity contribution in [3.63, 3.8) is 0 Å². The number of rotatable bonds is 10. The molecule has 0 saturated carbocycles. The Morgan fingerprint density at radius 2 is 2.07 bits per heavy atom. The fourth-order valence-electron chi connectivity index (χ4n) is 2.19. The topological polar surface area (TPSA) is 77.5 Å². The van der Waals surface area contributed by atoms with E-state index < -0.39 is 0 Å². The third kappa shape index (κ3) is 7.22. The molecule has 1 amide bonds. The van der Waals surface area contributed by atoms with E-state index in [1.54, 1.807) is 18.4 Å². The SMILES string of the molecule is CCCCOc1ccccc1/C=C/C(=O)Nc1nc(CC(=O)OCC)cs1. The van der Waals surface area contributed by atoms with Gasteiger partial charge < -0.3 is 9.47 Å². The number of aromatic nitrogens is 1. The van der Waals surface area contributed by atoms with E-state index >= 15 is 0 Å². The van der Waals surface area contributed by atoms with Crippen LogP contribution in [0.2, 0.25) is 0 Å². The van der Waals surface area contributed by atoms with Gasteiger partial charge in [-0.2, -0.15) is 0 Å². The van der Waals surface area contributed by atoms with Crippen LogP contribution < -0.4 is 10.1 Å². The van der Waals surface area contributed by atoms with E-state index in [9.17, 15) is 9.59 Å². The quantitative estimate of drug-likeness (QED) is 0.377. The van der Waals surface area contributed by atoms with Crippen molar-refractivity contribution in [3.8, 4) is 5.75 Å². The van der Waals surface area contributed by atoms with Gasteiger partial charge in [-0.1, -0.05) is 31.5 Å². The normalized spacial score (nSPS) is 10.7. The molecule has 0 atom stereocenters. The predicted molar refractivity (Wildman–Crippen MR) is 107 cm³/mol. The van der Waals surface area contributed by atoms with Crippen LogP contribution >= 0.6 is 11.3 Å². The molecule has 0 saturated heterocycles. The highest BCUT2D eigenvalue weighted by Crippen LogP contribution is 2.20. The van der Waals surface area contributed by atoms with Crippen LogP contribution in [0.4, 0.5) is 5.13 Å². The van der Waals surface area contributed by atoms with E-state index in [0.29, 0.717) is 24.0 Å². The minimum atomic E-state index is -0.333. The summed E-state index contributed by atoms with van der Waals surface area (Å²) in [5, 5.41) is 4.87. The Morgan fingerprint density at radius 3 is 2.85 bits per heavy atom. The maximum absolute atomic E-state index is 12.1. The molecule has 1 aromatic heterocycles. The highest BCUT2D eigenvalue weighted by atomic mass is 32.1. The molecule has 27 heavy (non-hydrogen) atoms. The third-order valence-electron chi connectivity index (χ3n) is 3.50. The van der Waals surface area contributed by atoms with E-state index in [1.807, 2.05) is 24.3 Å². The molecular weight excluding hydrogens is 364 g/mol. The summed E-state index contributed by atoms with van der Waals surface area (Å²) in [4.78, 5) is 27.8. The number of nitrogens with one attached hydrogen (secondary N) is 1. The number of benzene rings is 1. The van der Waals surface area contributed by atoms with Gasteiger partial charge in [0.05, 0.1) is 25.3 Å². The molecule has 7 heteroatoms. The second-order valence-electron chi connectivity index (χ2n) is 5.69. The zero-order chi connectivity index (χ0) is 19.5. The van der Waals surface area contributed by atoms with Crippen LogP contribution in [0.15, 0.2) is 35.7 Å². The van der Waals surface area contributed by atoms with Crippen LogP contribution in [0, 0.1) is 0 Å². The number of carbonyl (C=O) groups excluding carboxylic acids is 2. The molecular formula is C20H24N2O4S. The lowest BCUT2D eigenvalue weighted by atomic mass is 10.2. The molecule has 0 aliphatic heterocycles. The number of amides is 1. The highest BCUT2D eigenvalue weighted by Gasteiger charge is 2.09. The van der Waals surface area contributed by atoms with Crippen LogP contribution in [0.3, 0.4) is 0 Å². The monoisotopic (exact) mass is 388 g/mol. The van der Waals surface area contributed by atoms with E-state index in [4.69, 9.17) is 9.47 Å². The van der Waals surface area contributed by atoms with Gasteiger partial charge in [0.25, 0.3) is 0 Å². The number of hydrogen-bond donors (Lipinski definition) is 1. The van der Waals surface area contributed by atoms with Crippen molar-refractivity contribution in [2.24, 2.45) is 0 Å². The van der Waals surface area contributed by atoms with Gasteiger partial charge in [-0.15, -0.1) is 11.3 Å². The van der Waals surface area contributed by atoms with Crippen molar-refractivity contribution >= 4 is 34.4 Å². The number of thiazole rings is 1. The third-order valence-corrected chi connectivity index (χ3v) is 4.31. The van der Waals surface area contributed by atoms with E-state index in [2.05, 4.69) is 17.2 Å². The summed E-state index contributed by atoms with van der Waals surface area (Å²) in [7, 11) is 0. The predicted octanol–water partition coefficient (Wildman–Crippen LogP) is 4.08.